The first kappa shape index (κ1) is 13.4. The Labute approximate surface area is 125 Å². The molecule has 3 atom stereocenters. The third kappa shape index (κ3) is 2.00. The van der Waals surface area contributed by atoms with Crippen LogP contribution in [-0.4, -0.2) is 48.5 Å². The van der Waals surface area contributed by atoms with E-state index in [2.05, 4.69) is 15.0 Å². The van der Waals surface area contributed by atoms with Gasteiger partial charge in [0.15, 0.2) is 17.6 Å². The molecule has 4 rings (SSSR count). The Kier molecular flexibility index (Phi) is 3.14. The van der Waals surface area contributed by atoms with Crippen LogP contribution in [-0.2, 0) is 4.74 Å². The Balaban J connectivity index is 1.80. The number of imidazole rings is 1. The predicted molar refractivity (Wildman–Crippen MR) is 74.6 cm³/mol. The second-order valence-electron chi connectivity index (χ2n) is 5.16. The number of hydrogen-bond acceptors (Lipinski definition) is 7. The SMILES string of the molecule is OC[C@@H]1C[C@@H](O)[C@H](n2cnc3c(-c4ccco4)ncnc32)O1. The zero-order valence-electron chi connectivity index (χ0n) is 11.5. The number of hydrogen-bond donors (Lipinski definition) is 2. The van der Waals surface area contributed by atoms with Crippen molar-refractivity contribution in [3.63, 3.8) is 0 Å². The summed E-state index contributed by atoms with van der Waals surface area (Å²) in [5.74, 6) is 0.596. The normalized spacial score (nSPS) is 25.1. The molecule has 0 aliphatic carbocycles. The number of aliphatic hydroxyl groups is 2. The maximum atomic E-state index is 10.1. The molecule has 1 aliphatic rings. The van der Waals surface area contributed by atoms with Crippen molar-refractivity contribution in [3.8, 4) is 11.5 Å². The van der Waals surface area contributed by atoms with Gasteiger partial charge in [0.2, 0.25) is 0 Å². The molecule has 22 heavy (non-hydrogen) atoms. The zero-order valence-corrected chi connectivity index (χ0v) is 11.5. The lowest BCUT2D eigenvalue weighted by Crippen LogP contribution is -2.19. The second-order valence-corrected chi connectivity index (χ2v) is 5.16. The number of furan rings is 1. The van der Waals surface area contributed by atoms with Crippen molar-refractivity contribution in [1.29, 1.82) is 0 Å². The molecule has 0 unspecified atom stereocenters. The summed E-state index contributed by atoms with van der Waals surface area (Å²) in [5.41, 5.74) is 1.70. The van der Waals surface area contributed by atoms with Crippen LogP contribution in [0.15, 0.2) is 35.5 Å². The molecular formula is C14H14N4O4. The molecule has 0 spiro atoms. The van der Waals surface area contributed by atoms with Crippen LogP contribution in [0.2, 0.25) is 0 Å². The van der Waals surface area contributed by atoms with E-state index in [0.717, 1.165) is 0 Å². The molecule has 8 nitrogen and oxygen atoms in total. The fourth-order valence-corrected chi connectivity index (χ4v) is 2.73. The highest BCUT2D eigenvalue weighted by atomic mass is 16.5. The standard InChI is InChI=1S/C14H14N4O4/c19-5-8-4-9(20)14(22-8)18-7-17-12-11(10-2-1-3-21-10)15-6-16-13(12)18/h1-3,6-9,14,19-20H,4-5H2/t8-,9+,14+/m0/s1. The summed E-state index contributed by atoms with van der Waals surface area (Å²) in [6.07, 6.45) is 3.18. The molecule has 3 aromatic heterocycles. The second kappa shape index (κ2) is 5.16. The monoisotopic (exact) mass is 302 g/mol. The average Bonchev–Trinajstić information content (AvgIpc) is 3.25. The molecular weight excluding hydrogens is 288 g/mol. The van der Waals surface area contributed by atoms with Gasteiger partial charge in [-0.1, -0.05) is 0 Å². The Morgan fingerprint density at radius 2 is 2.23 bits per heavy atom. The number of fused-ring (bicyclic) bond motifs is 1. The Bertz CT molecular complexity index is 785. The van der Waals surface area contributed by atoms with Crippen LogP contribution in [0.1, 0.15) is 12.6 Å². The highest BCUT2D eigenvalue weighted by Gasteiger charge is 2.36. The summed E-state index contributed by atoms with van der Waals surface area (Å²) < 4.78 is 12.7. The van der Waals surface area contributed by atoms with Crippen LogP contribution in [0, 0.1) is 0 Å². The third-order valence-electron chi connectivity index (χ3n) is 3.76. The van der Waals surface area contributed by atoms with Crippen molar-refractivity contribution in [2.75, 3.05) is 6.61 Å². The average molecular weight is 302 g/mol. The van der Waals surface area contributed by atoms with E-state index in [4.69, 9.17) is 9.15 Å². The summed E-state index contributed by atoms with van der Waals surface area (Å²) in [4.78, 5) is 12.8. The molecule has 1 fully saturated rings. The molecule has 0 bridgehead atoms. The first-order valence-electron chi connectivity index (χ1n) is 6.93. The van der Waals surface area contributed by atoms with Crippen LogP contribution in [0.25, 0.3) is 22.6 Å². The molecule has 1 saturated heterocycles. The van der Waals surface area contributed by atoms with Gasteiger partial charge >= 0.3 is 0 Å². The van der Waals surface area contributed by atoms with Gasteiger partial charge in [-0.05, 0) is 12.1 Å². The van der Waals surface area contributed by atoms with Crippen molar-refractivity contribution in [2.24, 2.45) is 0 Å². The van der Waals surface area contributed by atoms with Crippen molar-refractivity contribution < 1.29 is 19.4 Å². The fourth-order valence-electron chi connectivity index (χ4n) is 2.73. The molecule has 4 heterocycles. The largest absolute Gasteiger partial charge is 0.463 e. The molecule has 0 radical (unpaired) electrons. The van der Waals surface area contributed by atoms with Gasteiger partial charge in [0, 0.05) is 6.42 Å². The quantitative estimate of drug-likeness (QED) is 0.734. The molecule has 2 N–H and O–H groups in total. The van der Waals surface area contributed by atoms with Crippen LogP contribution in [0.4, 0.5) is 0 Å². The lowest BCUT2D eigenvalue weighted by Gasteiger charge is -2.16. The third-order valence-corrected chi connectivity index (χ3v) is 3.76. The molecule has 0 aromatic carbocycles. The highest BCUT2D eigenvalue weighted by Crippen LogP contribution is 2.32. The Morgan fingerprint density at radius 3 is 2.95 bits per heavy atom. The van der Waals surface area contributed by atoms with Crippen LogP contribution in [0.3, 0.4) is 0 Å². The van der Waals surface area contributed by atoms with E-state index in [0.29, 0.717) is 29.0 Å². The summed E-state index contributed by atoms with van der Waals surface area (Å²) in [6.45, 7) is -0.132. The minimum absolute atomic E-state index is 0.132. The van der Waals surface area contributed by atoms with Gasteiger partial charge < -0.3 is 19.4 Å². The first-order chi connectivity index (χ1) is 10.8. The molecule has 0 amide bonds. The number of rotatable bonds is 3. The lowest BCUT2D eigenvalue weighted by molar-refractivity contribution is -0.0486. The molecule has 0 saturated carbocycles. The predicted octanol–water partition coefficient (Wildman–Crippen LogP) is 0.727. The Hall–Kier alpha value is -2.29. The minimum atomic E-state index is -0.725. The molecule has 114 valence electrons. The number of aliphatic hydroxyl groups excluding tert-OH is 2. The lowest BCUT2D eigenvalue weighted by atomic mass is 10.2. The maximum absolute atomic E-state index is 10.1. The van der Waals surface area contributed by atoms with E-state index in [1.165, 1.54) is 6.33 Å². The van der Waals surface area contributed by atoms with Crippen molar-refractivity contribution in [3.05, 3.63) is 31.1 Å². The first-order valence-corrected chi connectivity index (χ1v) is 6.93. The van der Waals surface area contributed by atoms with Crippen LogP contribution >= 0.6 is 0 Å². The van der Waals surface area contributed by atoms with E-state index in [1.807, 2.05) is 0 Å². The highest BCUT2D eigenvalue weighted by molar-refractivity contribution is 5.85. The van der Waals surface area contributed by atoms with E-state index in [9.17, 15) is 10.2 Å². The van der Waals surface area contributed by atoms with Crippen molar-refractivity contribution >= 4 is 11.2 Å². The van der Waals surface area contributed by atoms with Gasteiger partial charge in [-0.15, -0.1) is 0 Å². The fraction of sp³-hybridized carbons (Fsp3) is 0.357. The number of ether oxygens (including phenoxy) is 1. The molecule has 8 heteroatoms. The van der Waals surface area contributed by atoms with Crippen molar-refractivity contribution in [2.45, 2.75) is 24.9 Å². The molecule has 3 aromatic rings. The summed E-state index contributed by atoms with van der Waals surface area (Å²) >= 11 is 0. The van der Waals surface area contributed by atoms with Gasteiger partial charge in [0.1, 0.15) is 23.6 Å². The van der Waals surface area contributed by atoms with Gasteiger partial charge in [-0.2, -0.15) is 0 Å². The van der Waals surface area contributed by atoms with E-state index >= 15 is 0 Å². The summed E-state index contributed by atoms with van der Waals surface area (Å²) in [5, 5.41) is 19.3. The minimum Gasteiger partial charge on any atom is -0.463 e. The maximum Gasteiger partial charge on any atom is 0.166 e. The van der Waals surface area contributed by atoms with Gasteiger partial charge in [-0.3, -0.25) is 4.57 Å². The number of nitrogens with zero attached hydrogens (tertiary/aromatic N) is 4. The zero-order chi connectivity index (χ0) is 15.1. The van der Waals surface area contributed by atoms with Gasteiger partial charge in [0.25, 0.3) is 0 Å². The smallest absolute Gasteiger partial charge is 0.166 e. The Morgan fingerprint density at radius 1 is 1.32 bits per heavy atom. The number of aromatic nitrogens is 4. The molecule has 1 aliphatic heterocycles. The van der Waals surface area contributed by atoms with Gasteiger partial charge in [-0.25, -0.2) is 15.0 Å². The van der Waals surface area contributed by atoms with Crippen LogP contribution < -0.4 is 0 Å². The van der Waals surface area contributed by atoms with E-state index in [1.54, 1.807) is 29.3 Å². The topological polar surface area (TPSA) is 106 Å². The summed E-state index contributed by atoms with van der Waals surface area (Å²) in [7, 11) is 0. The van der Waals surface area contributed by atoms with Crippen molar-refractivity contribution in [1.82, 2.24) is 19.5 Å². The van der Waals surface area contributed by atoms with Crippen LogP contribution in [0.5, 0.6) is 0 Å². The summed E-state index contributed by atoms with van der Waals surface area (Å²) in [6, 6.07) is 3.57. The van der Waals surface area contributed by atoms with E-state index in [-0.39, 0.29) is 12.7 Å². The van der Waals surface area contributed by atoms with Gasteiger partial charge in [0.05, 0.1) is 25.3 Å². The van der Waals surface area contributed by atoms with E-state index < -0.39 is 12.3 Å².